The Morgan fingerprint density at radius 2 is 2.50 bits per heavy atom. The van der Waals surface area contributed by atoms with E-state index < -0.39 is 0 Å². The first-order chi connectivity index (χ1) is 2.77. The molecule has 1 heteroatoms. The fourth-order valence-electron chi connectivity index (χ4n) is 0.162. The molecule has 0 radical (unpaired) electrons. The molecule has 6 heavy (non-hydrogen) atoms. The van der Waals surface area contributed by atoms with Crippen LogP contribution in [0.4, 0.5) is 0 Å². The minimum atomic E-state index is 0.632. The highest BCUT2D eigenvalue weighted by molar-refractivity contribution is 14.1. The monoisotopic (exact) mass is 194 g/mol. The van der Waals surface area contributed by atoms with Gasteiger partial charge in [0.1, 0.15) is 0 Å². The third-order valence-corrected chi connectivity index (χ3v) is 0.840. The van der Waals surface area contributed by atoms with Crippen molar-refractivity contribution in [2.24, 2.45) is 0 Å². The molecule has 0 rings (SSSR count). The predicted octanol–water partition coefficient (Wildman–Crippen LogP) is 1.83. The van der Waals surface area contributed by atoms with Gasteiger partial charge in [0, 0.05) is 10.3 Å². The average Bonchev–Trinajstić information content (AvgIpc) is 1.35. The fourth-order valence-corrected chi connectivity index (χ4v) is 0.417. The van der Waals surface area contributed by atoms with Gasteiger partial charge in [0.05, 0.1) is 0 Å². The highest BCUT2D eigenvalue weighted by atomic mass is 127. The number of terminal acetylenes is 1. The first-order valence-electron chi connectivity index (χ1n) is 1.85. The van der Waals surface area contributed by atoms with Crippen LogP contribution in [0.2, 0.25) is 0 Å². The van der Waals surface area contributed by atoms with E-state index in [9.17, 15) is 0 Å². The van der Waals surface area contributed by atoms with Crippen molar-refractivity contribution in [1.82, 2.24) is 0 Å². The fraction of sp³-hybridized carbons (Fsp3) is 0.600. The summed E-state index contributed by atoms with van der Waals surface area (Å²) in [6, 6.07) is 0. The quantitative estimate of drug-likeness (QED) is 0.339. The van der Waals surface area contributed by atoms with Crippen LogP contribution in [0.5, 0.6) is 0 Å². The van der Waals surface area contributed by atoms with Crippen LogP contribution in [0.15, 0.2) is 0 Å². The van der Waals surface area contributed by atoms with Crippen LogP contribution in [0, 0.1) is 12.3 Å². The van der Waals surface area contributed by atoms with E-state index >= 15 is 0 Å². The van der Waals surface area contributed by atoms with Crippen molar-refractivity contribution in [3.63, 3.8) is 0 Å². The smallest absolute Gasteiger partial charge is 0.0202 e. The molecule has 0 aliphatic heterocycles. The maximum atomic E-state index is 4.97. The van der Waals surface area contributed by atoms with Gasteiger partial charge in [0.15, 0.2) is 0 Å². The zero-order valence-electron chi connectivity index (χ0n) is 3.74. The van der Waals surface area contributed by atoms with E-state index in [2.05, 4.69) is 35.4 Å². The van der Waals surface area contributed by atoms with E-state index in [0.29, 0.717) is 3.92 Å². The van der Waals surface area contributed by atoms with E-state index in [0.717, 1.165) is 6.42 Å². The van der Waals surface area contributed by atoms with Crippen LogP contribution in [0.3, 0.4) is 0 Å². The molecule has 0 amide bonds. The zero-order chi connectivity index (χ0) is 4.99. The Morgan fingerprint density at radius 1 is 2.00 bits per heavy atom. The average molecular weight is 194 g/mol. The van der Waals surface area contributed by atoms with Gasteiger partial charge in [-0.05, 0) is 0 Å². The molecule has 0 heterocycles. The molecule has 0 bridgehead atoms. The molecule has 1 unspecified atom stereocenters. The van der Waals surface area contributed by atoms with Crippen LogP contribution in [0.25, 0.3) is 0 Å². The normalized spacial score (nSPS) is 12.8. The Balaban J connectivity index is 2.88. The van der Waals surface area contributed by atoms with Gasteiger partial charge < -0.3 is 0 Å². The molecule has 0 nitrogen and oxygen atoms in total. The SMILES string of the molecule is C#CCC(C)I. The Bertz CT molecular complexity index is 58.8. The second-order valence-corrected chi connectivity index (χ2v) is 3.32. The lowest BCUT2D eigenvalue weighted by Crippen LogP contribution is -1.82. The van der Waals surface area contributed by atoms with Crippen molar-refractivity contribution < 1.29 is 0 Å². The Hall–Kier alpha value is 0.290. The molecule has 0 aromatic heterocycles. The summed E-state index contributed by atoms with van der Waals surface area (Å²) in [4.78, 5) is 0. The molecule has 0 spiro atoms. The summed E-state index contributed by atoms with van der Waals surface area (Å²) in [5, 5.41) is 0. The van der Waals surface area contributed by atoms with Gasteiger partial charge in [-0.15, -0.1) is 12.3 Å². The highest BCUT2D eigenvalue weighted by Crippen LogP contribution is 2.00. The summed E-state index contributed by atoms with van der Waals surface area (Å²) < 4.78 is 0.632. The standard InChI is InChI=1S/C5H7I/c1-3-4-5(2)6/h1,5H,4H2,2H3. The van der Waals surface area contributed by atoms with E-state index in [1.54, 1.807) is 0 Å². The highest BCUT2D eigenvalue weighted by Gasteiger charge is 1.85. The minimum absolute atomic E-state index is 0.632. The maximum absolute atomic E-state index is 4.97. The van der Waals surface area contributed by atoms with Crippen LogP contribution >= 0.6 is 22.6 Å². The molecule has 0 aliphatic carbocycles. The Kier molecular flexibility index (Phi) is 3.65. The lowest BCUT2D eigenvalue weighted by molar-refractivity contribution is 1.05. The van der Waals surface area contributed by atoms with Gasteiger partial charge in [0.25, 0.3) is 0 Å². The summed E-state index contributed by atoms with van der Waals surface area (Å²) in [5.74, 6) is 2.56. The van der Waals surface area contributed by atoms with Crippen molar-refractivity contribution in [2.45, 2.75) is 17.3 Å². The molecule has 0 N–H and O–H groups in total. The van der Waals surface area contributed by atoms with Gasteiger partial charge in [-0.1, -0.05) is 29.5 Å². The summed E-state index contributed by atoms with van der Waals surface area (Å²) in [7, 11) is 0. The van der Waals surface area contributed by atoms with Gasteiger partial charge in [0.2, 0.25) is 0 Å². The van der Waals surface area contributed by atoms with Crippen molar-refractivity contribution in [3.8, 4) is 12.3 Å². The molecule has 34 valence electrons. The molecule has 0 aliphatic rings. The van der Waals surface area contributed by atoms with Gasteiger partial charge in [-0.3, -0.25) is 0 Å². The largest absolute Gasteiger partial charge is 0.120 e. The maximum Gasteiger partial charge on any atom is 0.0202 e. The molecule has 0 aromatic rings. The Labute approximate surface area is 52.5 Å². The van der Waals surface area contributed by atoms with E-state index in [1.165, 1.54) is 0 Å². The topological polar surface area (TPSA) is 0 Å². The Morgan fingerprint density at radius 3 is 2.50 bits per heavy atom. The van der Waals surface area contributed by atoms with Gasteiger partial charge in [-0.25, -0.2) is 0 Å². The molecule has 0 aromatic carbocycles. The lowest BCUT2D eigenvalue weighted by Gasteiger charge is -1.88. The number of hydrogen-bond donors (Lipinski definition) is 0. The zero-order valence-corrected chi connectivity index (χ0v) is 5.90. The van der Waals surface area contributed by atoms with E-state index in [4.69, 9.17) is 6.42 Å². The van der Waals surface area contributed by atoms with Crippen LogP contribution < -0.4 is 0 Å². The molecule has 0 fully saturated rings. The van der Waals surface area contributed by atoms with Crippen molar-refractivity contribution in [2.75, 3.05) is 0 Å². The number of rotatable bonds is 1. The van der Waals surface area contributed by atoms with Gasteiger partial charge >= 0.3 is 0 Å². The first kappa shape index (κ1) is 6.29. The molecule has 1 atom stereocenters. The van der Waals surface area contributed by atoms with E-state index in [-0.39, 0.29) is 0 Å². The first-order valence-corrected chi connectivity index (χ1v) is 3.09. The second kappa shape index (κ2) is 3.48. The second-order valence-electron chi connectivity index (χ2n) is 1.19. The summed E-state index contributed by atoms with van der Waals surface area (Å²) >= 11 is 2.30. The summed E-state index contributed by atoms with van der Waals surface area (Å²) in [5.41, 5.74) is 0. The molecule has 0 saturated carbocycles. The van der Waals surface area contributed by atoms with Crippen LogP contribution in [-0.4, -0.2) is 3.92 Å². The third-order valence-electron chi connectivity index (χ3n) is 0.399. The minimum Gasteiger partial charge on any atom is -0.120 e. The number of alkyl halides is 1. The van der Waals surface area contributed by atoms with Crippen LogP contribution in [0.1, 0.15) is 13.3 Å². The summed E-state index contributed by atoms with van der Waals surface area (Å²) in [6.07, 6.45) is 5.86. The predicted molar refractivity (Wildman–Crippen MR) is 36.9 cm³/mol. The molecule has 0 saturated heterocycles. The molecular formula is C5H7I. The van der Waals surface area contributed by atoms with Crippen molar-refractivity contribution >= 4 is 22.6 Å². The van der Waals surface area contributed by atoms with Crippen LogP contribution in [-0.2, 0) is 0 Å². The number of hydrogen-bond acceptors (Lipinski definition) is 0. The van der Waals surface area contributed by atoms with Crippen molar-refractivity contribution in [1.29, 1.82) is 0 Å². The van der Waals surface area contributed by atoms with Gasteiger partial charge in [-0.2, -0.15) is 0 Å². The molecular weight excluding hydrogens is 187 g/mol. The summed E-state index contributed by atoms with van der Waals surface area (Å²) in [6.45, 7) is 2.10. The number of halogens is 1. The van der Waals surface area contributed by atoms with Crippen molar-refractivity contribution in [3.05, 3.63) is 0 Å². The van der Waals surface area contributed by atoms with E-state index in [1.807, 2.05) is 0 Å². The lowest BCUT2D eigenvalue weighted by atomic mass is 10.4. The third kappa shape index (κ3) is 4.29.